The summed E-state index contributed by atoms with van der Waals surface area (Å²) in [5.74, 6) is 1.02. The van der Waals surface area contributed by atoms with Gasteiger partial charge in [-0.2, -0.15) is 0 Å². The molecule has 1 aromatic heterocycles. The number of aromatic nitrogens is 1. The Hall–Kier alpha value is -1.29. The topological polar surface area (TPSA) is 45.4 Å². The highest BCUT2D eigenvalue weighted by Crippen LogP contribution is 2.21. The summed E-state index contributed by atoms with van der Waals surface area (Å²) in [6.07, 6.45) is 2.96. The van der Waals surface area contributed by atoms with E-state index >= 15 is 0 Å². The molecular weight excluding hydrogens is 200 g/mol. The van der Waals surface area contributed by atoms with E-state index in [1.54, 1.807) is 6.20 Å². The lowest BCUT2D eigenvalue weighted by atomic mass is 10.2. The van der Waals surface area contributed by atoms with Crippen molar-refractivity contribution in [3.8, 4) is 0 Å². The van der Waals surface area contributed by atoms with Crippen LogP contribution in [0.4, 0.5) is 11.5 Å². The van der Waals surface area contributed by atoms with Crippen LogP contribution in [0.5, 0.6) is 0 Å². The molecule has 0 radical (unpaired) electrons. The van der Waals surface area contributed by atoms with Crippen molar-refractivity contribution < 1.29 is 0 Å². The van der Waals surface area contributed by atoms with Crippen LogP contribution in [0.1, 0.15) is 12.0 Å². The number of likely N-dealkylation sites (tertiary alicyclic amines) is 1. The van der Waals surface area contributed by atoms with Gasteiger partial charge < -0.3 is 15.5 Å². The quantitative estimate of drug-likeness (QED) is 0.811. The Bertz CT molecular complexity index is 377. The van der Waals surface area contributed by atoms with Gasteiger partial charge in [-0.3, -0.25) is 0 Å². The minimum atomic E-state index is 0.570. The molecule has 1 saturated heterocycles. The van der Waals surface area contributed by atoms with Crippen molar-refractivity contribution in [1.29, 1.82) is 0 Å². The van der Waals surface area contributed by atoms with Gasteiger partial charge in [-0.05, 0) is 38.6 Å². The van der Waals surface area contributed by atoms with Gasteiger partial charge in [0.2, 0.25) is 0 Å². The largest absolute Gasteiger partial charge is 0.397 e. The number of hydrogen-bond donors (Lipinski definition) is 1. The highest BCUT2D eigenvalue weighted by Gasteiger charge is 2.24. The predicted molar refractivity (Wildman–Crippen MR) is 67.7 cm³/mol. The zero-order chi connectivity index (χ0) is 11.7. The summed E-state index contributed by atoms with van der Waals surface area (Å²) in [7, 11) is 4.28. The maximum absolute atomic E-state index is 5.78. The molecule has 4 heteroatoms. The Balaban J connectivity index is 2.14. The Morgan fingerprint density at radius 2 is 2.31 bits per heavy atom. The van der Waals surface area contributed by atoms with E-state index in [0.717, 1.165) is 23.6 Å². The van der Waals surface area contributed by atoms with Crippen LogP contribution in [0.15, 0.2) is 12.3 Å². The molecule has 2 heterocycles. The molecule has 2 N–H and O–H groups in total. The van der Waals surface area contributed by atoms with E-state index in [2.05, 4.69) is 34.9 Å². The van der Waals surface area contributed by atoms with Crippen LogP contribution < -0.4 is 10.6 Å². The molecule has 1 aliphatic heterocycles. The van der Waals surface area contributed by atoms with Gasteiger partial charge in [0.1, 0.15) is 5.82 Å². The van der Waals surface area contributed by atoms with Crippen molar-refractivity contribution >= 4 is 11.5 Å². The number of anilines is 2. The average molecular weight is 220 g/mol. The first kappa shape index (κ1) is 11.2. The predicted octanol–water partition coefficient (Wildman–Crippen LogP) is 1.11. The Morgan fingerprint density at radius 1 is 1.56 bits per heavy atom. The molecular formula is C12H20N4. The number of rotatable bonds is 2. The van der Waals surface area contributed by atoms with E-state index in [9.17, 15) is 0 Å². The molecule has 88 valence electrons. The van der Waals surface area contributed by atoms with Crippen LogP contribution in [0.3, 0.4) is 0 Å². The van der Waals surface area contributed by atoms with Gasteiger partial charge in [0.05, 0.1) is 11.9 Å². The number of pyridine rings is 1. The lowest BCUT2D eigenvalue weighted by Crippen LogP contribution is -2.34. The van der Waals surface area contributed by atoms with Crippen molar-refractivity contribution in [2.75, 3.05) is 37.8 Å². The molecule has 0 spiro atoms. The van der Waals surface area contributed by atoms with E-state index in [-0.39, 0.29) is 0 Å². The van der Waals surface area contributed by atoms with E-state index in [1.807, 2.05) is 6.92 Å². The molecule has 0 amide bonds. The summed E-state index contributed by atoms with van der Waals surface area (Å²) in [6.45, 7) is 4.31. The summed E-state index contributed by atoms with van der Waals surface area (Å²) in [5, 5.41) is 0. The molecule has 0 aliphatic carbocycles. The smallest absolute Gasteiger partial charge is 0.128 e. The third-order valence-corrected chi connectivity index (χ3v) is 3.41. The number of hydrogen-bond acceptors (Lipinski definition) is 4. The fraction of sp³-hybridized carbons (Fsp3) is 0.583. The fourth-order valence-electron chi connectivity index (χ4n) is 2.16. The molecule has 0 saturated carbocycles. The maximum Gasteiger partial charge on any atom is 0.128 e. The molecule has 1 unspecified atom stereocenters. The first-order valence-electron chi connectivity index (χ1n) is 5.71. The highest BCUT2D eigenvalue weighted by molar-refractivity contribution is 5.52. The van der Waals surface area contributed by atoms with Gasteiger partial charge in [-0.15, -0.1) is 0 Å². The minimum Gasteiger partial charge on any atom is -0.397 e. The number of nitrogens with zero attached hydrogens (tertiary/aromatic N) is 3. The summed E-state index contributed by atoms with van der Waals surface area (Å²) >= 11 is 0. The summed E-state index contributed by atoms with van der Waals surface area (Å²) in [5.41, 5.74) is 7.64. The van der Waals surface area contributed by atoms with Crippen molar-refractivity contribution in [2.45, 2.75) is 19.4 Å². The van der Waals surface area contributed by atoms with Crippen LogP contribution in [0, 0.1) is 6.92 Å². The second-order valence-corrected chi connectivity index (χ2v) is 4.71. The standard InChI is InChI=1S/C12H20N4/c1-9-6-12(14-7-11(9)13)16(3)10-4-5-15(2)8-10/h6-7,10H,4-5,8,13H2,1-3H3. The van der Waals surface area contributed by atoms with Crippen LogP contribution in [0.2, 0.25) is 0 Å². The third-order valence-electron chi connectivity index (χ3n) is 3.41. The van der Waals surface area contributed by atoms with Gasteiger partial charge in [0, 0.05) is 19.6 Å². The number of likely N-dealkylation sites (N-methyl/N-ethyl adjacent to an activating group) is 2. The SMILES string of the molecule is Cc1cc(N(C)C2CCN(C)C2)ncc1N. The third kappa shape index (κ3) is 2.11. The second-order valence-electron chi connectivity index (χ2n) is 4.71. The Labute approximate surface area is 97.1 Å². The average Bonchev–Trinajstić information content (AvgIpc) is 2.68. The number of aryl methyl sites for hydroxylation is 1. The Kier molecular flexibility index (Phi) is 3.01. The first-order valence-corrected chi connectivity index (χ1v) is 5.71. The van der Waals surface area contributed by atoms with Crippen LogP contribution in [0.25, 0.3) is 0 Å². The van der Waals surface area contributed by atoms with Gasteiger partial charge in [0.15, 0.2) is 0 Å². The van der Waals surface area contributed by atoms with Gasteiger partial charge in [-0.25, -0.2) is 4.98 Å². The van der Waals surface area contributed by atoms with Crippen LogP contribution >= 0.6 is 0 Å². The molecule has 1 aliphatic rings. The molecule has 1 fully saturated rings. The lowest BCUT2D eigenvalue weighted by molar-refractivity contribution is 0.409. The molecule has 4 nitrogen and oxygen atoms in total. The summed E-state index contributed by atoms with van der Waals surface area (Å²) in [4.78, 5) is 9.00. The minimum absolute atomic E-state index is 0.570. The molecule has 2 rings (SSSR count). The van der Waals surface area contributed by atoms with Gasteiger partial charge in [-0.1, -0.05) is 0 Å². The lowest BCUT2D eigenvalue weighted by Gasteiger charge is -2.25. The molecule has 1 aromatic rings. The molecule has 0 bridgehead atoms. The van der Waals surface area contributed by atoms with E-state index in [1.165, 1.54) is 13.0 Å². The van der Waals surface area contributed by atoms with Crippen molar-refractivity contribution in [3.05, 3.63) is 17.8 Å². The Morgan fingerprint density at radius 3 is 2.88 bits per heavy atom. The monoisotopic (exact) mass is 220 g/mol. The highest BCUT2D eigenvalue weighted by atomic mass is 15.3. The first-order chi connectivity index (χ1) is 7.58. The number of nitrogens with two attached hydrogens (primary N) is 1. The zero-order valence-electron chi connectivity index (χ0n) is 10.3. The molecule has 0 aromatic carbocycles. The van der Waals surface area contributed by atoms with E-state index in [4.69, 9.17) is 5.73 Å². The van der Waals surface area contributed by atoms with Gasteiger partial charge >= 0.3 is 0 Å². The van der Waals surface area contributed by atoms with Crippen LogP contribution in [-0.2, 0) is 0 Å². The van der Waals surface area contributed by atoms with Gasteiger partial charge in [0.25, 0.3) is 0 Å². The number of nitrogen functional groups attached to an aromatic ring is 1. The summed E-state index contributed by atoms with van der Waals surface area (Å²) < 4.78 is 0. The normalized spacial score (nSPS) is 21.3. The molecule has 16 heavy (non-hydrogen) atoms. The van der Waals surface area contributed by atoms with Crippen molar-refractivity contribution in [2.24, 2.45) is 0 Å². The van der Waals surface area contributed by atoms with E-state index < -0.39 is 0 Å². The maximum atomic E-state index is 5.78. The fourth-order valence-corrected chi connectivity index (χ4v) is 2.16. The zero-order valence-corrected chi connectivity index (χ0v) is 10.3. The second kappa shape index (κ2) is 4.29. The summed E-state index contributed by atoms with van der Waals surface area (Å²) in [6, 6.07) is 2.63. The van der Waals surface area contributed by atoms with E-state index in [0.29, 0.717) is 6.04 Å². The van der Waals surface area contributed by atoms with Crippen molar-refractivity contribution in [3.63, 3.8) is 0 Å². The molecule has 1 atom stereocenters. The van der Waals surface area contributed by atoms with Crippen LogP contribution in [-0.4, -0.2) is 43.1 Å². The van der Waals surface area contributed by atoms with Crippen molar-refractivity contribution in [1.82, 2.24) is 9.88 Å².